The lowest BCUT2D eigenvalue weighted by Crippen LogP contribution is -2.26. The fourth-order valence-electron chi connectivity index (χ4n) is 1.37. The Morgan fingerprint density at radius 1 is 1.40 bits per heavy atom. The topological polar surface area (TPSA) is 44.5 Å². The summed E-state index contributed by atoms with van der Waals surface area (Å²) in [5, 5.41) is 0.603. The minimum atomic E-state index is -0.160. The molecule has 3 nitrogen and oxygen atoms in total. The molecule has 84 valence electrons. The molecule has 0 atom stereocenters. The second kappa shape index (κ2) is 4.84. The fraction of sp³-hybridized carbons (Fsp3) is 0.455. The van der Waals surface area contributed by atoms with Gasteiger partial charge < -0.3 is 9.57 Å². The van der Waals surface area contributed by atoms with Crippen molar-refractivity contribution in [2.45, 2.75) is 19.3 Å². The Morgan fingerprint density at radius 2 is 2.07 bits per heavy atom. The van der Waals surface area contributed by atoms with Crippen molar-refractivity contribution < 1.29 is 9.57 Å². The molecule has 0 saturated carbocycles. The van der Waals surface area contributed by atoms with Gasteiger partial charge in [0.05, 0.1) is 18.7 Å². The first kappa shape index (κ1) is 12.3. The minimum absolute atomic E-state index is 0.160. The van der Waals surface area contributed by atoms with Crippen molar-refractivity contribution in [2.75, 3.05) is 13.7 Å². The molecule has 0 aliphatic heterocycles. The van der Waals surface area contributed by atoms with E-state index in [9.17, 15) is 0 Å². The van der Waals surface area contributed by atoms with E-state index in [4.69, 9.17) is 27.1 Å². The Balaban J connectivity index is 3.04. The van der Waals surface area contributed by atoms with Crippen LogP contribution in [0.4, 0.5) is 0 Å². The summed E-state index contributed by atoms with van der Waals surface area (Å²) < 4.78 is 5.15. The Morgan fingerprint density at radius 3 is 2.60 bits per heavy atom. The normalized spacial score (nSPS) is 11.5. The molecule has 0 amide bonds. The van der Waals surface area contributed by atoms with Crippen LogP contribution in [0.5, 0.6) is 5.75 Å². The second-order valence-corrected chi connectivity index (χ2v) is 4.45. The molecule has 0 aliphatic carbocycles. The molecule has 0 aromatic heterocycles. The summed E-state index contributed by atoms with van der Waals surface area (Å²) in [7, 11) is 1.59. The number of halogens is 1. The van der Waals surface area contributed by atoms with E-state index in [1.807, 2.05) is 32.0 Å². The Kier molecular flexibility index (Phi) is 3.97. The van der Waals surface area contributed by atoms with E-state index in [0.29, 0.717) is 17.4 Å². The summed E-state index contributed by atoms with van der Waals surface area (Å²) >= 11 is 5.94. The molecule has 0 saturated heterocycles. The molecule has 0 bridgehead atoms. The van der Waals surface area contributed by atoms with Gasteiger partial charge in [-0.3, -0.25) is 0 Å². The van der Waals surface area contributed by atoms with E-state index in [-0.39, 0.29) is 5.41 Å². The summed E-state index contributed by atoms with van der Waals surface area (Å²) in [4.78, 5) is 4.69. The highest BCUT2D eigenvalue weighted by atomic mass is 35.5. The molecule has 1 aromatic carbocycles. The molecule has 0 spiro atoms. The van der Waals surface area contributed by atoms with Gasteiger partial charge in [0.1, 0.15) is 5.75 Å². The molecule has 2 N–H and O–H groups in total. The highest BCUT2D eigenvalue weighted by Gasteiger charge is 2.21. The first-order valence-electron chi connectivity index (χ1n) is 4.67. The van der Waals surface area contributed by atoms with Crippen LogP contribution in [-0.4, -0.2) is 13.7 Å². The largest absolute Gasteiger partial charge is 0.495 e. The number of rotatable bonds is 4. The van der Waals surface area contributed by atoms with Gasteiger partial charge in [0.15, 0.2) is 0 Å². The van der Waals surface area contributed by atoms with E-state index in [2.05, 4.69) is 0 Å². The van der Waals surface area contributed by atoms with Crippen LogP contribution in [0.2, 0.25) is 5.02 Å². The fourth-order valence-corrected chi connectivity index (χ4v) is 1.57. The SMILES string of the molecule is COc1cc(C(C)(C)CON)ccc1Cl. The number of hydrogen-bond acceptors (Lipinski definition) is 3. The summed E-state index contributed by atoms with van der Waals surface area (Å²) in [6.07, 6.45) is 0. The van der Waals surface area contributed by atoms with Crippen LogP contribution >= 0.6 is 11.6 Å². The third-order valence-electron chi connectivity index (χ3n) is 2.38. The predicted molar refractivity (Wildman–Crippen MR) is 61.2 cm³/mol. The van der Waals surface area contributed by atoms with Crippen molar-refractivity contribution in [3.05, 3.63) is 28.8 Å². The van der Waals surface area contributed by atoms with Gasteiger partial charge in [-0.05, 0) is 17.7 Å². The van der Waals surface area contributed by atoms with E-state index in [0.717, 1.165) is 5.56 Å². The summed E-state index contributed by atoms with van der Waals surface area (Å²) in [6, 6.07) is 5.67. The first-order valence-corrected chi connectivity index (χ1v) is 5.05. The first-order chi connectivity index (χ1) is 7.01. The molecule has 0 unspecified atom stereocenters. The van der Waals surface area contributed by atoms with Crippen molar-refractivity contribution in [3.8, 4) is 5.75 Å². The number of nitrogens with two attached hydrogens (primary N) is 1. The average molecular weight is 230 g/mol. The van der Waals surface area contributed by atoms with Gasteiger partial charge in [-0.1, -0.05) is 31.5 Å². The zero-order valence-corrected chi connectivity index (χ0v) is 9.97. The van der Waals surface area contributed by atoms with Crippen LogP contribution in [0.3, 0.4) is 0 Å². The third kappa shape index (κ3) is 2.84. The van der Waals surface area contributed by atoms with Crippen molar-refractivity contribution in [3.63, 3.8) is 0 Å². The standard InChI is InChI=1S/C11H16ClNO2/c1-11(2,7-15-13)8-4-5-9(12)10(6-8)14-3/h4-6H,7,13H2,1-3H3. The maximum atomic E-state index is 5.94. The summed E-state index contributed by atoms with van der Waals surface area (Å²) in [5.74, 6) is 5.76. The monoisotopic (exact) mass is 229 g/mol. The predicted octanol–water partition coefficient (Wildman–Crippen LogP) is 2.52. The number of ether oxygens (including phenoxy) is 1. The molecule has 0 aliphatic rings. The van der Waals surface area contributed by atoms with Gasteiger partial charge in [-0.2, -0.15) is 0 Å². The zero-order valence-electron chi connectivity index (χ0n) is 9.21. The molecule has 0 fully saturated rings. The van der Waals surface area contributed by atoms with Crippen LogP contribution in [0, 0.1) is 0 Å². The number of methoxy groups -OCH3 is 1. The van der Waals surface area contributed by atoms with Gasteiger partial charge >= 0.3 is 0 Å². The maximum absolute atomic E-state index is 5.94. The molecular formula is C11H16ClNO2. The van der Waals surface area contributed by atoms with E-state index in [1.54, 1.807) is 7.11 Å². The van der Waals surface area contributed by atoms with Crippen molar-refractivity contribution in [2.24, 2.45) is 5.90 Å². The van der Waals surface area contributed by atoms with Gasteiger partial charge in [-0.15, -0.1) is 0 Å². The molecule has 1 aromatic rings. The van der Waals surface area contributed by atoms with Crippen LogP contribution in [0.1, 0.15) is 19.4 Å². The summed E-state index contributed by atoms with van der Waals surface area (Å²) in [6.45, 7) is 4.53. The highest BCUT2D eigenvalue weighted by molar-refractivity contribution is 6.32. The van der Waals surface area contributed by atoms with Gasteiger partial charge in [0.25, 0.3) is 0 Å². The lowest BCUT2D eigenvalue weighted by molar-refractivity contribution is 0.0963. The van der Waals surface area contributed by atoms with Crippen molar-refractivity contribution in [1.29, 1.82) is 0 Å². The van der Waals surface area contributed by atoms with Gasteiger partial charge in [0, 0.05) is 5.41 Å². The molecule has 4 heteroatoms. The van der Waals surface area contributed by atoms with Crippen molar-refractivity contribution >= 4 is 11.6 Å². The van der Waals surface area contributed by atoms with Crippen LogP contribution in [-0.2, 0) is 10.3 Å². The Hall–Kier alpha value is -0.770. The highest BCUT2D eigenvalue weighted by Crippen LogP contribution is 2.31. The lowest BCUT2D eigenvalue weighted by atomic mass is 9.85. The maximum Gasteiger partial charge on any atom is 0.137 e. The van der Waals surface area contributed by atoms with Crippen molar-refractivity contribution in [1.82, 2.24) is 0 Å². The quantitative estimate of drug-likeness (QED) is 0.807. The summed E-state index contributed by atoms with van der Waals surface area (Å²) in [5.41, 5.74) is 0.918. The number of hydrogen-bond donors (Lipinski definition) is 1. The average Bonchev–Trinajstić information content (AvgIpc) is 2.18. The van der Waals surface area contributed by atoms with Crippen LogP contribution in [0.15, 0.2) is 18.2 Å². The molecular weight excluding hydrogens is 214 g/mol. The molecule has 1 rings (SSSR count). The Bertz CT molecular complexity index is 339. The molecule has 0 radical (unpaired) electrons. The molecule has 0 heterocycles. The minimum Gasteiger partial charge on any atom is -0.495 e. The van der Waals surface area contributed by atoms with Gasteiger partial charge in [-0.25, -0.2) is 5.90 Å². The van der Waals surface area contributed by atoms with Crippen LogP contribution in [0.25, 0.3) is 0 Å². The molecule has 15 heavy (non-hydrogen) atoms. The van der Waals surface area contributed by atoms with E-state index < -0.39 is 0 Å². The van der Waals surface area contributed by atoms with Crippen LogP contribution < -0.4 is 10.6 Å². The lowest BCUT2D eigenvalue weighted by Gasteiger charge is -2.24. The number of benzene rings is 1. The smallest absolute Gasteiger partial charge is 0.137 e. The third-order valence-corrected chi connectivity index (χ3v) is 2.69. The van der Waals surface area contributed by atoms with E-state index in [1.165, 1.54) is 0 Å². The van der Waals surface area contributed by atoms with E-state index >= 15 is 0 Å². The zero-order chi connectivity index (χ0) is 11.5. The van der Waals surface area contributed by atoms with Gasteiger partial charge in [0.2, 0.25) is 0 Å². The Labute approximate surface area is 95.1 Å². The second-order valence-electron chi connectivity index (χ2n) is 4.04.